The Hall–Kier alpha value is -2.02. The van der Waals surface area contributed by atoms with E-state index in [-0.39, 0.29) is 0 Å². The highest BCUT2D eigenvalue weighted by Crippen LogP contribution is 2.42. The van der Waals surface area contributed by atoms with Crippen molar-refractivity contribution in [3.63, 3.8) is 0 Å². The Bertz CT molecular complexity index is 1500. The molecular weight excluding hydrogens is 866 g/mol. The number of aliphatic carboxylic acids is 1. The van der Waals surface area contributed by atoms with Crippen molar-refractivity contribution in [2.75, 3.05) is 19.8 Å². The number of aliphatic hydroxyl groups is 15. The van der Waals surface area contributed by atoms with Crippen molar-refractivity contribution in [3.05, 3.63) is 0 Å². The summed E-state index contributed by atoms with van der Waals surface area (Å²) in [5.41, 5.74) is 0. The molecule has 366 valence electrons. The molecule has 0 aromatic carbocycles. The quantitative estimate of drug-likeness (QED) is 0.0725. The number of carboxylic acid groups (broad SMARTS) is 1. The van der Waals surface area contributed by atoms with E-state index < -0.39 is 197 Å². The molecule has 63 heavy (non-hydrogen) atoms. The Kier molecular flexibility index (Phi) is 17.6. The molecule has 5 saturated heterocycles. The van der Waals surface area contributed by atoms with Crippen LogP contribution < -0.4 is 5.32 Å². The third-order valence-corrected chi connectivity index (χ3v) is 11.6. The van der Waals surface area contributed by atoms with Gasteiger partial charge in [-0.1, -0.05) is 0 Å². The molecule has 5 rings (SSSR count). The summed E-state index contributed by atoms with van der Waals surface area (Å²) in [6.07, 6.45) is -48.4. The van der Waals surface area contributed by atoms with E-state index in [2.05, 4.69) is 5.32 Å². The molecule has 0 aliphatic carbocycles. The van der Waals surface area contributed by atoms with Crippen LogP contribution in [0.25, 0.3) is 0 Å². The average Bonchev–Trinajstić information content (AvgIpc) is 3.24. The predicted molar refractivity (Wildman–Crippen MR) is 192 cm³/mol. The van der Waals surface area contributed by atoms with Gasteiger partial charge in [-0.05, 0) is 13.8 Å². The second-order valence-electron chi connectivity index (χ2n) is 16.1. The fraction of sp³-hybridized carbons (Fsp3) is 0.943. The van der Waals surface area contributed by atoms with Gasteiger partial charge in [0.15, 0.2) is 25.2 Å². The van der Waals surface area contributed by atoms with Crippen LogP contribution in [-0.4, -0.2) is 272 Å². The van der Waals surface area contributed by atoms with Gasteiger partial charge in [-0.2, -0.15) is 0 Å². The number of rotatable bonds is 15. The fourth-order valence-electron chi connectivity index (χ4n) is 7.97. The zero-order chi connectivity index (χ0) is 47.0. The molecule has 0 radical (unpaired) electrons. The fourth-order valence-corrected chi connectivity index (χ4v) is 7.97. The molecule has 26 atom stereocenters. The molecule has 0 saturated carbocycles. The van der Waals surface area contributed by atoms with E-state index in [1.165, 1.54) is 13.8 Å². The molecule has 5 fully saturated rings. The number of hydrogen-bond donors (Lipinski definition) is 17. The van der Waals surface area contributed by atoms with E-state index in [0.29, 0.717) is 0 Å². The van der Waals surface area contributed by atoms with E-state index in [4.69, 9.17) is 42.6 Å². The van der Waals surface area contributed by atoms with Crippen LogP contribution in [0.15, 0.2) is 0 Å². The highest BCUT2D eigenvalue weighted by atomic mass is 16.8. The summed E-state index contributed by atoms with van der Waals surface area (Å²) in [5, 5.41) is 173. The lowest BCUT2D eigenvalue weighted by Crippen LogP contribution is -2.71. The second-order valence-corrected chi connectivity index (χ2v) is 16.1. The van der Waals surface area contributed by atoms with Crippen LogP contribution in [0.4, 0.5) is 0 Å². The Balaban J connectivity index is 1.57. The van der Waals surface area contributed by atoms with E-state index >= 15 is 0 Å². The second kappa shape index (κ2) is 21.3. The van der Waals surface area contributed by atoms with E-state index in [9.17, 15) is 91.3 Å². The number of nitrogens with one attached hydrogen (secondary N) is 1. The number of carboxylic acids is 1. The molecule has 0 aromatic rings. The molecule has 0 spiro atoms. The van der Waals surface area contributed by atoms with Crippen LogP contribution in [0.2, 0.25) is 0 Å². The van der Waals surface area contributed by atoms with Gasteiger partial charge in [0.1, 0.15) is 110 Å². The van der Waals surface area contributed by atoms with Gasteiger partial charge in [-0.15, -0.1) is 0 Å². The first-order valence-corrected chi connectivity index (χ1v) is 20.0. The molecule has 5 heterocycles. The highest BCUT2D eigenvalue weighted by Gasteiger charge is 2.62. The van der Waals surface area contributed by atoms with Crippen molar-refractivity contribution in [1.82, 2.24) is 5.32 Å². The van der Waals surface area contributed by atoms with Crippen LogP contribution in [-0.2, 0) is 52.2 Å². The Morgan fingerprint density at radius 3 is 1.65 bits per heavy atom. The lowest BCUT2D eigenvalue weighted by atomic mass is 9.89. The molecule has 5 aliphatic rings. The third kappa shape index (κ3) is 10.7. The van der Waals surface area contributed by atoms with Gasteiger partial charge in [0, 0.05) is 13.3 Å². The highest BCUT2D eigenvalue weighted by molar-refractivity contribution is 5.76. The number of amides is 1. The maximum atomic E-state index is 13.5. The summed E-state index contributed by atoms with van der Waals surface area (Å²) in [5.74, 6) is -6.25. The number of ether oxygens (including phenoxy) is 9. The van der Waals surface area contributed by atoms with Crippen LogP contribution in [0.3, 0.4) is 0 Å². The number of aliphatic hydroxyl groups excluding tert-OH is 15. The minimum Gasteiger partial charge on any atom is -0.477 e. The standard InChI is InChI=1S/C35H59NO27/c1-8-16(42)21(47)23(49)31(55-8)58-12-4-35(34(53)54,63-29(18(44)11(41)5-37)26(12)60-32-24(50)22(48)17(43)9(2)56-32)62-28-20(46)14(7-39)59-33(25(28)51)61-27-15(36-10(3)40)30(52)57-13(6-38)19(27)45/h8-9,11-33,37-39,41-52H,4-7H2,1-3H3,(H,36,40)(H,53,54)/t8-,9-,11+,12-,13+,14+,15+,16+,17+,18+,19-,20-,21+,22+,23-,24-,25+,26+,27+,28-,29-,30+,31-,32-,33-,35+/m0/s1. The zero-order valence-electron chi connectivity index (χ0n) is 33.9. The van der Waals surface area contributed by atoms with Gasteiger partial charge in [0.25, 0.3) is 5.79 Å². The largest absolute Gasteiger partial charge is 0.477 e. The Labute approximate surface area is 357 Å². The van der Waals surface area contributed by atoms with Crippen molar-refractivity contribution in [3.8, 4) is 0 Å². The van der Waals surface area contributed by atoms with Crippen molar-refractivity contribution in [2.45, 2.75) is 186 Å². The van der Waals surface area contributed by atoms with Gasteiger partial charge in [-0.3, -0.25) is 4.79 Å². The molecule has 0 unspecified atom stereocenters. The summed E-state index contributed by atoms with van der Waals surface area (Å²) < 4.78 is 51.1. The maximum Gasteiger partial charge on any atom is 0.364 e. The zero-order valence-corrected chi connectivity index (χ0v) is 33.9. The Morgan fingerprint density at radius 1 is 0.651 bits per heavy atom. The van der Waals surface area contributed by atoms with Crippen LogP contribution >= 0.6 is 0 Å². The lowest BCUT2D eigenvalue weighted by molar-refractivity contribution is -0.407. The van der Waals surface area contributed by atoms with Crippen LogP contribution in [0.1, 0.15) is 27.2 Å². The summed E-state index contributed by atoms with van der Waals surface area (Å²) >= 11 is 0. The molecule has 28 heteroatoms. The summed E-state index contributed by atoms with van der Waals surface area (Å²) in [7, 11) is 0. The van der Waals surface area contributed by atoms with Gasteiger partial charge < -0.3 is 130 Å². The summed E-state index contributed by atoms with van der Waals surface area (Å²) in [4.78, 5) is 25.5. The lowest BCUT2D eigenvalue weighted by Gasteiger charge is -2.52. The smallest absolute Gasteiger partial charge is 0.364 e. The van der Waals surface area contributed by atoms with Crippen molar-refractivity contribution in [1.29, 1.82) is 0 Å². The minimum atomic E-state index is -3.34. The van der Waals surface area contributed by atoms with Crippen LogP contribution in [0, 0.1) is 0 Å². The van der Waals surface area contributed by atoms with Gasteiger partial charge >= 0.3 is 5.97 Å². The van der Waals surface area contributed by atoms with Crippen molar-refractivity contribution in [2.24, 2.45) is 0 Å². The van der Waals surface area contributed by atoms with E-state index in [1.54, 1.807) is 0 Å². The molecule has 1 amide bonds. The van der Waals surface area contributed by atoms with E-state index in [1.807, 2.05) is 0 Å². The maximum absolute atomic E-state index is 13.5. The van der Waals surface area contributed by atoms with Crippen LogP contribution in [0.5, 0.6) is 0 Å². The monoisotopic (exact) mass is 925 g/mol. The molecule has 0 aromatic heterocycles. The SMILES string of the molecule is CC(=O)N[C@@H]1[C@@H](O[C@@H]2O[C@H](CO)[C@H](O)[C@H](O[C@]3(C(=O)O)C[C@H](O[C@@H]4O[C@@H](C)[C@@H](O)[C@@H](O)[C@@H]4O)[C@@H](O[C@@H]4O[C@@H](C)[C@@H](O)[C@@H](O)[C@@H]4O)[C@H]([C@H](O)[C@H](O)CO)O3)[C@H]2O)[C@@H](O)[C@@H](CO)O[C@H]1O. The topological polar surface area (TPSA) is 453 Å². The number of carbonyl (C=O) groups is 2. The third-order valence-electron chi connectivity index (χ3n) is 11.6. The minimum absolute atomic E-state index is 0.778. The average molecular weight is 926 g/mol. The normalized spacial score (nSPS) is 49.5. The molecule has 0 bridgehead atoms. The molecular formula is C35H59NO27. The van der Waals surface area contributed by atoms with Crippen molar-refractivity contribution < 1.29 is 134 Å². The first-order valence-electron chi connectivity index (χ1n) is 20.0. The molecule has 5 aliphatic heterocycles. The van der Waals surface area contributed by atoms with Crippen molar-refractivity contribution >= 4 is 11.9 Å². The Morgan fingerprint density at radius 2 is 1.14 bits per heavy atom. The van der Waals surface area contributed by atoms with Gasteiger partial charge in [-0.25, -0.2) is 4.79 Å². The number of carbonyl (C=O) groups excluding carboxylic acids is 1. The first-order chi connectivity index (χ1) is 29.5. The first kappa shape index (κ1) is 52.0. The van der Waals surface area contributed by atoms with Gasteiger partial charge in [0.2, 0.25) is 5.91 Å². The predicted octanol–water partition coefficient (Wildman–Crippen LogP) is -10.5. The van der Waals surface area contributed by atoms with Gasteiger partial charge in [0.05, 0.1) is 38.1 Å². The number of hydrogen-bond acceptors (Lipinski definition) is 26. The molecule has 28 nitrogen and oxygen atoms in total. The molecule has 17 N–H and O–H groups in total. The van der Waals surface area contributed by atoms with E-state index in [0.717, 1.165) is 6.92 Å². The summed E-state index contributed by atoms with van der Waals surface area (Å²) in [6.45, 7) is 0.329. The summed E-state index contributed by atoms with van der Waals surface area (Å²) in [6, 6.07) is -1.63.